The van der Waals surface area contributed by atoms with E-state index in [2.05, 4.69) is 15.6 Å². The van der Waals surface area contributed by atoms with Crippen molar-refractivity contribution in [3.63, 3.8) is 0 Å². The molecule has 1 aromatic carbocycles. The van der Waals surface area contributed by atoms with Crippen molar-refractivity contribution in [3.8, 4) is 0 Å². The van der Waals surface area contributed by atoms with Gasteiger partial charge in [-0.2, -0.15) is 5.10 Å². The second-order valence-electron chi connectivity index (χ2n) is 4.48. The van der Waals surface area contributed by atoms with Crippen LogP contribution in [0.15, 0.2) is 35.6 Å². The van der Waals surface area contributed by atoms with Crippen LogP contribution in [-0.4, -0.2) is 26.7 Å². The van der Waals surface area contributed by atoms with Gasteiger partial charge in [-0.05, 0) is 18.1 Å². The number of carbonyl (C=O) groups excluding carboxylic acids is 1. The fourth-order valence-electron chi connectivity index (χ4n) is 2.05. The molecule has 4 N–H and O–H groups in total. The summed E-state index contributed by atoms with van der Waals surface area (Å²) in [5.74, 6) is 0.00595. The number of amidine groups is 1. The van der Waals surface area contributed by atoms with E-state index in [-0.39, 0.29) is 11.7 Å². The van der Waals surface area contributed by atoms with Crippen LogP contribution in [0, 0.1) is 0 Å². The van der Waals surface area contributed by atoms with Gasteiger partial charge < -0.3 is 16.3 Å². The summed E-state index contributed by atoms with van der Waals surface area (Å²) >= 11 is 0. The molecule has 0 unspecified atom stereocenters. The molecule has 0 bridgehead atoms. The largest absolute Gasteiger partial charge is 0.409 e. The molecule has 0 saturated heterocycles. The Hall–Kier alpha value is -2.83. The molecule has 7 nitrogen and oxygen atoms in total. The number of nitrogens with one attached hydrogen (secondary N) is 1. The van der Waals surface area contributed by atoms with Gasteiger partial charge in [0.25, 0.3) is 5.91 Å². The predicted molar refractivity (Wildman–Crippen MR) is 79.5 cm³/mol. The molecule has 0 radical (unpaired) electrons. The average Bonchev–Trinajstić information content (AvgIpc) is 2.87. The maximum Gasteiger partial charge on any atom is 0.257 e. The number of benzene rings is 1. The molecule has 2 aromatic rings. The molecule has 110 valence electrons. The molecule has 0 fully saturated rings. The lowest BCUT2D eigenvalue weighted by Crippen LogP contribution is -2.20. The second-order valence-corrected chi connectivity index (χ2v) is 4.48. The number of nitrogens with two attached hydrogens (primary N) is 1. The lowest BCUT2D eigenvalue weighted by molar-refractivity contribution is 0.102. The van der Waals surface area contributed by atoms with Crippen LogP contribution in [0.25, 0.3) is 0 Å². The Kier molecular flexibility index (Phi) is 4.22. The summed E-state index contributed by atoms with van der Waals surface area (Å²) in [6, 6.07) is 7.36. The van der Waals surface area contributed by atoms with E-state index in [4.69, 9.17) is 10.9 Å². The first-order chi connectivity index (χ1) is 10.1. The molecule has 1 heterocycles. The average molecular weight is 287 g/mol. The highest BCUT2D eigenvalue weighted by molar-refractivity contribution is 6.09. The van der Waals surface area contributed by atoms with Crippen molar-refractivity contribution < 1.29 is 10.0 Å². The first kappa shape index (κ1) is 14.6. The van der Waals surface area contributed by atoms with E-state index in [1.165, 1.54) is 10.9 Å². The zero-order valence-corrected chi connectivity index (χ0v) is 11.9. The molecule has 0 atom stereocenters. The van der Waals surface area contributed by atoms with Gasteiger partial charge in [0.1, 0.15) is 5.82 Å². The van der Waals surface area contributed by atoms with E-state index in [0.717, 1.165) is 12.0 Å². The summed E-state index contributed by atoms with van der Waals surface area (Å²) in [5.41, 5.74) is 7.47. The minimum atomic E-state index is -0.261. The first-order valence-corrected chi connectivity index (χ1v) is 6.47. The molecular formula is C14H17N5O2. The number of aryl methyl sites for hydroxylation is 2. The predicted octanol–water partition coefficient (Wildman–Crippen LogP) is 1.33. The van der Waals surface area contributed by atoms with Gasteiger partial charge in [-0.3, -0.25) is 9.48 Å². The van der Waals surface area contributed by atoms with E-state index >= 15 is 0 Å². The number of oxime groups is 1. The van der Waals surface area contributed by atoms with Crippen molar-refractivity contribution in [3.05, 3.63) is 47.2 Å². The van der Waals surface area contributed by atoms with Gasteiger partial charge >= 0.3 is 0 Å². The minimum absolute atomic E-state index is 0.109. The lowest BCUT2D eigenvalue weighted by Gasteiger charge is -2.10. The summed E-state index contributed by atoms with van der Waals surface area (Å²) in [6.07, 6.45) is 2.18. The zero-order valence-electron chi connectivity index (χ0n) is 11.9. The molecule has 21 heavy (non-hydrogen) atoms. The number of aromatic nitrogens is 2. The van der Waals surface area contributed by atoms with E-state index in [1.807, 2.05) is 25.1 Å². The third kappa shape index (κ3) is 2.86. The van der Waals surface area contributed by atoms with Crippen molar-refractivity contribution in [1.29, 1.82) is 0 Å². The SMILES string of the molecule is CCc1ccccc1C(=O)Nc1c(/C(N)=N/O)cnn1C. The Morgan fingerprint density at radius 3 is 2.81 bits per heavy atom. The lowest BCUT2D eigenvalue weighted by atomic mass is 10.0. The van der Waals surface area contributed by atoms with Crippen molar-refractivity contribution in [2.75, 3.05) is 5.32 Å². The smallest absolute Gasteiger partial charge is 0.257 e. The Labute approximate surface area is 122 Å². The molecule has 1 amide bonds. The van der Waals surface area contributed by atoms with E-state index in [9.17, 15) is 4.79 Å². The molecule has 7 heteroatoms. The summed E-state index contributed by atoms with van der Waals surface area (Å²) in [6.45, 7) is 1.98. The number of amides is 1. The van der Waals surface area contributed by atoms with E-state index in [1.54, 1.807) is 13.1 Å². The number of hydrogen-bond acceptors (Lipinski definition) is 4. The third-order valence-electron chi connectivity index (χ3n) is 3.20. The van der Waals surface area contributed by atoms with Crippen LogP contribution in [0.2, 0.25) is 0 Å². The Morgan fingerprint density at radius 1 is 1.43 bits per heavy atom. The van der Waals surface area contributed by atoms with Crippen LogP contribution in [0.4, 0.5) is 5.82 Å². The molecule has 1 aromatic heterocycles. The molecule has 2 rings (SSSR count). The Morgan fingerprint density at radius 2 is 2.14 bits per heavy atom. The van der Waals surface area contributed by atoms with Gasteiger partial charge in [0.2, 0.25) is 0 Å². The van der Waals surface area contributed by atoms with Gasteiger partial charge in [0.15, 0.2) is 5.84 Å². The summed E-state index contributed by atoms with van der Waals surface area (Å²) in [7, 11) is 1.66. The summed E-state index contributed by atoms with van der Waals surface area (Å²) in [4.78, 5) is 12.4. The Balaban J connectivity index is 2.34. The molecule has 0 aliphatic heterocycles. The van der Waals surface area contributed by atoms with Crippen LogP contribution >= 0.6 is 0 Å². The molecule has 0 spiro atoms. The van der Waals surface area contributed by atoms with Crippen LogP contribution in [0.1, 0.15) is 28.4 Å². The third-order valence-corrected chi connectivity index (χ3v) is 3.20. The summed E-state index contributed by atoms with van der Waals surface area (Å²) < 4.78 is 1.46. The fourth-order valence-corrected chi connectivity index (χ4v) is 2.05. The highest BCUT2D eigenvalue weighted by atomic mass is 16.4. The topological polar surface area (TPSA) is 106 Å². The van der Waals surface area contributed by atoms with Gasteiger partial charge in [0.05, 0.1) is 11.8 Å². The zero-order chi connectivity index (χ0) is 15.4. The number of hydrogen-bond donors (Lipinski definition) is 3. The fraction of sp³-hybridized carbons (Fsp3) is 0.214. The molecule has 0 saturated carbocycles. The van der Waals surface area contributed by atoms with Crippen molar-refractivity contribution in [1.82, 2.24) is 9.78 Å². The number of nitrogens with zero attached hydrogens (tertiary/aromatic N) is 3. The van der Waals surface area contributed by atoms with Crippen LogP contribution in [0.5, 0.6) is 0 Å². The number of anilines is 1. The van der Waals surface area contributed by atoms with Crippen LogP contribution in [-0.2, 0) is 13.5 Å². The van der Waals surface area contributed by atoms with Gasteiger partial charge in [-0.1, -0.05) is 30.3 Å². The van der Waals surface area contributed by atoms with Crippen molar-refractivity contribution in [2.45, 2.75) is 13.3 Å². The van der Waals surface area contributed by atoms with Crippen molar-refractivity contribution >= 4 is 17.6 Å². The quantitative estimate of drug-likeness (QED) is 0.341. The normalized spacial score (nSPS) is 11.4. The van der Waals surface area contributed by atoms with Crippen LogP contribution in [0.3, 0.4) is 0 Å². The van der Waals surface area contributed by atoms with Gasteiger partial charge in [-0.15, -0.1) is 0 Å². The number of carbonyl (C=O) groups is 1. The Bertz CT molecular complexity index is 690. The number of rotatable bonds is 4. The maximum atomic E-state index is 12.4. The van der Waals surface area contributed by atoms with Crippen molar-refractivity contribution in [2.24, 2.45) is 17.9 Å². The molecular weight excluding hydrogens is 270 g/mol. The maximum absolute atomic E-state index is 12.4. The standard InChI is InChI=1S/C14H17N5O2/c1-3-9-6-4-5-7-10(9)14(20)17-13-11(12(15)18-21)8-16-19(13)2/h4-8,21H,3H2,1-2H3,(H2,15,18)(H,17,20). The van der Waals surface area contributed by atoms with E-state index < -0.39 is 0 Å². The summed E-state index contributed by atoms with van der Waals surface area (Å²) in [5, 5.41) is 18.5. The molecule has 0 aliphatic carbocycles. The molecule has 0 aliphatic rings. The monoisotopic (exact) mass is 287 g/mol. The highest BCUT2D eigenvalue weighted by Gasteiger charge is 2.17. The second kappa shape index (κ2) is 6.08. The van der Waals surface area contributed by atoms with Gasteiger partial charge in [0, 0.05) is 12.6 Å². The first-order valence-electron chi connectivity index (χ1n) is 6.47. The van der Waals surface area contributed by atoms with E-state index in [0.29, 0.717) is 16.9 Å². The highest BCUT2D eigenvalue weighted by Crippen LogP contribution is 2.17. The van der Waals surface area contributed by atoms with Crippen LogP contribution < -0.4 is 11.1 Å². The van der Waals surface area contributed by atoms with Gasteiger partial charge in [-0.25, -0.2) is 0 Å². The minimum Gasteiger partial charge on any atom is -0.409 e.